The Bertz CT molecular complexity index is 610. The highest BCUT2D eigenvalue weighted by atomic mass is 16.4. The van der Waals surface area contributed by atoms with E-state index in [0.717, 1.165) is 5.69 Å². The van der Waals surface area contributed by atoms with E-state index in [1.165, 1.54) is 0 Å². The molecule has 2 rings (SSSR count). The highest BCUT2D eigenvalue weighted by Crippen LogP contribution is 2.16. The molecule has 0 radical (unpaired) electrons. The molecule has 0 atom stereocenters. The summed E-state index contributed by atoms with van der Waals surface area (Å²) in [7, 11) is 3.74. The molecule has 1 heterocycles. The summed E-state index contributed by atoms with van der Waals surface area (Å²) >= 11 is 0. The van der Waals surface area contributed by atoms with Crippen molar-refractivity contribution in [2.24, 2.45) is 0 Å². The quantitative estimate of drug-likeness (QED) is 0.739. The number of hydrogen-bond donors (Lipinski definition) is 1. The third kappa shape index (κ3) is 1.63. The fourth-order valence-electron chi connectivity index (χ4n) is 1.35. The van der Waals surface area contributed by atoms with Crippen LogP contribution in [0.4, 0.5) is 5.69 Å². The van der Waals surface area contributed by atoms with Crippen molar-refractivity contribution in [3.63, 3.8) is 0 Å². The van der Waals surface area contributed by atoms with Gasteiger partial charge in [0.1, 0.15) is 5.58 Å². The van der Waals surface area contributed by atoms with Gasteiger partial charge in [0.25, 0.3) is 5.56 Å². The minimum atomic E-state index is -0.731. The lowest BCUT2D eigenvalue weighted by molar-refractivity contribution is 0.528. The summed E-state index contributed by atoms with van der Waals surface area (Å²) in [6.45, 7) is 0. The van der Waals surface area contributed by atoms with Crippen LogP contribution in [0.15, 0.2) is 32.2 Å². The molecule has 1 aromatic carbocycles. The van der Waals surface area contributed by atoms with E-state index < -0.39 is 11.3 Å². The zero-order valence-electron chi connectivity index (χ0n) is 8.40. The van der Waals surface area contributed by atoms with Crippen LogP contribution < -0.4 is 16.2 Å². The Labute approximate surface area is 85.0 Å². The van der Waals surface area contributed by atoms with Crippen LogP contribution in [0.2, 0.25) is 0 Å². The molecular formula is C10H10N2O3. The van der Waals surface area contributed by atoms with Crippen LogP contribution in [0.5, 0.6) is 0 Å². The summed E-state index contributed by atoms with van der Waals surface area (Å²) in [6, 6.07) is 5.07. The SMILES string of the molecule is CN(C)c1ccc2oc(=O)[nH]c(=O)c2c1. The van der Waals surface area contributed by atoms with Crippen molar-refractivity contribution in [3.8, 4) is 0 Å². The summed E-state index contributed by atoms with van der Waals surface area (Å²) in [5.74, 6) is -0.731. The normalized spacial score (nSPS) is 10.5. The number of hydrogen-bond acceptors (Lipinski definition) is 4. The Hall–Kier alpha value is -2.04. The van der Waals surface area contributed by atoms with Crippen molar-refractivity contribution in [3.05, 3.63) is 39.1 Å². The minimum Gasteiger partial charge on any atom is -0.409 e. The number of fused-ring (bicyclic) bond motifs is 1. The molecule has 0 unspecified atom stereocenters. The molecule has 2 aromatic rings. The molecule has 0 amide bonds. The molecule has 5 heteroatoms. The number of aromatic nitrogens is 1. The van der Waals surface area contributed by atoms with Gasteiger partial charge in [0.05, 0.1) is 5.39 Å². The number of aromatic amines is 1. The first-order valence-electron chi connectivity index (χ1n) is 4.42. The Morgan fingerprint density at radius 3 is 2.67 bits per heavy atom. The van der Waals surface area contributed by atoms with Gasteiger partial charge < -0.3 is 9.32 Å². The largest absolute Gasteiger partial charge is 0.419 e. The molecule has 1 N–H and O–H groups in total. The highest BCUT2D eigenvalue weighted by Gasteiger charge is 2.04. The maximum absolute atomic E-state index is 11.4. The summed E-state index contributed by atoms with van der Waals surface area (Å²) in [5, 5.41) is 0.376. The minimum absolute atomic E-state index is 0.300. The van der Waals surface area contributed by atoms with Crippen molar-refractivity contribution in [2.45, 2.75) is 0 Å². The third-order valence-corrected chi connectivity index (χ3v) is 2.14. The lowest BCUT2D eigenvalue weighted by Crippen LogP contribution is -2.18. The van der Waals surface area contributed by atoms with Crippen LogP contribution >= 0.6 is 0 Å². The molecule has 0 bridgehead atoms. The zero-order valence-corrected chi connectivity index (χ0v) is 8.40. The van der Waals surface area contributed by atoms with Crippen molar-refractivity contribution >= 4 is 16.7 Å². The van der Waals surface area contributed by atoms with Gasteiger partial charge in [0, 0.05) is 19.8 Å². The van der Waals surface area contributed by atoms with Gasteiger partial charge in [0.15, 0.2) is 0 Å². The fourth-order valence-corrected chi connectivity index (χ4v) is 1.35. The highest BCUT2D eigenvalue weighted by molar-refractivity contribution is 5.79. The standard InChI is InChI=1S/C10H10N2O3/c1-12(2)6-3-4-8-7(5-6)9(13)11-10(14)15-8/h3-5H,1-2H3,(H,11,13,14). The predicted molar refractivity (Wildman–Crippen MR) is 57.4 cm³/mol. The molecule has 1 aromatic heterocycles. The van der Waals surface area contributed by atoms with Crippen LogP contribution in [0, 0.1) is 0 Å². The number of rotatable bonds is 1. The summed E-state index contributed by atoms with van der Waals surface area (Å²) in [4.78, 5) is 26.3. The van der Waals surface area contributed by atoms with E-state index in [0.29, 0.717) is 11.0 Å². The molecular weight excluding hydrogens is 196 g/mol. The van der Waals surface area contributed by atoms with Crippen molar-refractivity contribution in [2.75, 3.05) is 19.0 Å². The van der Waals surface area contributed by atoms with Crippen molar-refractivity contribution in [1.29, 1.82) is 0 Å². The van der Waals surface area contributed by atoms with Gasteiger partial charge >= 0.3 is 5.76 Å². The van der Waals surface area contributed by atoms with E-state index >= 15 is 0 Å². The van der Waals surface area contributed by atoms with E-state index in [-0.39, 0.29) is 0 Å². The van der Waals surface area contributed by atoms with E-state index in [9.17, 15) is 9.59 Å². The lowest BCUT2D eigenvalue weighted by atomic mass is 10.2. The zero-order chi connectivity index (χ0) is 11.0. The van der Waals surface area contributed by atoms with Gasteiger partial charge in [-0.1, -0.05) is 0 Å². The molecule has 0 aliphatic heterocycles. The fraction of sp³-hybridized carbons (Fsp3) is 0.200. The van der Waals surface area contributed by atoms with Gasteiger partial charge in [-0.05, 0) is 18.2 Å². The summed E-state index contributed by atoms with van der Waals surface area (Å²) in [6.07, 6.45) is 0. The first-order chi connectivity index (χ1) is 7.08. The molecule has 0 spiro atoms. The molecule has 0 saturated heterocycles. The molecule has 5 nitrogen and oxygen atoms in total. The maximum Gasteiger partial charge on any atom is 0.419 e. The van der Waals surface area contributed by atoms with Gasteiger partial charge in [-0.2, -0.15) is 0 Å². The van der Waals surface area contributed by atoms with Gasteiger partial charge in [0.2, 0.25) is 0 Å². The molecule has 0 saturated carbocycles. The van der Waals surface area contributed by atoms with Crippen LogP contribution in [0.3, 0.4) is 0 Å². The Kier molecular flexibility index (Phi) is 2.07. The Morgan fingerprint density at radius 1 is 1.27 bits per heavy atom. The number of anilines is 1. The second kappa shape index (κ2) is 3.27. The lowest BCUT2D eigenvalue weighted by Gasteiger charge is -2.11. The van der Waals surface area contributed by atoms with E-state index in [1.54, 1.807) is 18.2 Å². The second-order valence-corrected chi connectivity index (χ2v) is 3.42. The molecule has 0 aliphatic rings. The Morgan fingerprint density at radius 2 is 2.00 bits per heavy atom. The monoisotopic (exact) mass is 206 g/mol. The van der Waals surface area contributed by atoms with E-state index in [2.05, 4.69) is 4.98 Å². The third-order valence-electron chi connectivity index (χ3n) is 2.14. The smallest absolute Gasteiger partial charge is 0.409 e. The predicted octanol–water partition coefficient (Wildman–Crippen LogP) is 0.547. The van der Waals surface area contributed by atoms with E-state index in [1.807, 2.05) is 19.0 Å². The van der Waals surface area contributed by atoms with Crippen molar-refractivity contribution in [1.82, 2.24) is 4.98 Å². The van der Waals surface area contributed by atoms with E-state index in [4.69, 9.17) is 4.42 Å². The average Bonchev–Trinajstić information content (AvgIpc) is 2.16. The summed E-state index contributed by atoms with van der Waals surface area (Å²) < 4.78 is 4.85. The molecule has 0 aliphatic carbocycles. The van der Waals surface area contributed by atoms with Gasteiger partial charge in [-0.3, -0.25) is 9.78 Å². The van der Waals surface area contributed by atoms with Crippen LogP contribution in [-0.4, -0.2) is 19.1 Å². The molecule has 78 valence electrons. The number of H-pyrrole nitrogens is 1. The average molecular weight is 206 g/mol. The first kappa shape index (κ1) is 9.51. The van der Waals surface area contributed by atoms with Crippen LogP contribution in [0.1, 0.15) is 0 Å². The van der Waals surface area contributed by atoms with Crippen molar-refractivity contribution < 1.29 is 4.42 Å². The second-order valence-electron chi connectivity index (χ2n) is 3.42. The van der Waals surface area contributed by atoms with Gasteiger partial charge in [-0.15, -0.1) is 0 Å². The summed E-state index contributed by atoms with van der Waals surface area (Å²) in [5.41, 5.74) is 0.751. The van der Waals surface area contributed by atoms with Crippen LogP contribution in [-0.2, 0) is 0 Å². The number of benzene rings is 1. The number of nitrogens with zero attached hydrogens (tertiary/aromatic N) is 1. The molecule has 15 heavy (non-hydrogen) atoms. The Balaban J connectivity index is 2.83. The number of nitrogens with one attached hydrogen (secondary N) is 1. The topological polar surface area (TPSA) is 66.3 Å². The van der Waals surface area contributed by atoms with Gasteiger partial charge in [-0.25, -0.2) is 4.79 Å². The molecule has 0 fully saturated rings. The van der Waals surface area contributed by atoms with Crippen LogP contribution in [0.25, 0.3) is 11.0 Å². The maximum atomic E-state index is 11.4. The first-order valence-corrected chi connectivity index (χ1v) is 4.42.